The van der Waals surface area contributed by atoms with Crippen molar-refractivity contribution in [3.63, 3.8) is 0 Å². The molecule has 1 fully saturated rings. The van der Waals surface area contributed by atoms with Crippen LogP contribution in [0.5, 0.6) is 0 Å². The lowest BCUT2D eigenvalue weighted by Gasteiger charge is -2.30. The van der Waals surface area contributed by atoms with Gasteiger partial charge in [0.15, 0.2) is 5.03 Å². The third kappa shape index (κ3) is 2.22. The molecule has 0 saturated carbocycles. The first-order chi connectivity index (χ1) is 9.59. The lowest BCUT2D eigenvalue weighted by molar-refractivity contribution is 0.305. The van der Waals surface area contributed by atoms with Gasteiger partial charge in [0.05, 0.1) is 12.5 Å². The summed E-state index contributed by atoms with van der Waals surface area (Å²) in [5.41, 5.74) is 0. The van der Waals surface area contributed by atoms with Crippen LogP contribution >= 0.6 is 0 Å². The van der Waals surface area contributed by atoms with Crippen LogP contribution in [0.15, 0.2) is 23.9 Å². The zero-order valence-corrected chi connectivity index (χ0v) is 11.9. The summed E-state index contributed by atoms with van der Waals surface area (Å²) in [4.78, 5) is 6.44. The molecule has 1 N–H and O–H groups in total. The van der Waals surface area contributed by atoms with E-state index in [4.69, 9.17) is 0 Å². The molecule has 108 valence electrons. The van der Waals surface area contributed by atoms with Crippen LogP contribution in [-0.2, 0) is 17.1 Å². The zero-order chi connectivity index (χ0) is 14.2. The van der Waals surface area contributed by atoms with E-state index >= 15 is 0 Å². The third-order valence-corrected chi connectivity index (χ3v) is 5.38. The highest BCUT2D eigenvalue weighted by molar-refractivity contribution is 7.89. The van der Waals surface area contributed by atoms with Crippen LogP contribution in [0, 0.1) is 0 Å². The molecule has 1 atom stereocenters. The Bertz CT molecular complexity index is 678. The Hall–Kier alpha value is -1.74. The van der Waals surface area contributed by atoms with E-state index < -0.39 is 10.0 Å². The standard InChI is InChI=1S/C11H16N6O2S/c1-16-8-14-15-11(16)9-3-2-4-17(6-9)20(18,19)10-5-12-7-13-10/h5,7-9H,2-4,6H2,1H3,(H,12,13). The Labute approximate surface area is 116 Å². The number of aryl methyl sites for hydroxylation is 1. The number of hydrogen-bond acceptors (Lipinski definition) is 5. The average Bonchev–Trinajstić information content (AvgIpc) is 3.10. The Morgan fingerprint density at radius 3 is 2.95 bits per heavy atom. The molecule has 3 rings (SSSR count). The lowest BCUT2D eigenvalue weighted by atomic mass is 9.99. The fourth-order valence-electron chi connectivity index (χ4n) is 2.56. The van der Waals surface area contributed by atoms with E-state index in [0.29, 0.717) is 13.1 Å². The number of H-pyrrole nitrogens is 1. The third-order valence-electron chi connectivity index (χ3n) is 3.59. The van der Waals surface area contributed by atoms with Gasteiger partial charge in [0.25, 0.3) is 10.0 Å². The molecule has 9 heteroatoms. The van der Waals surface area contributed by atoms with Crippen LogP contribution in [0.3, 0.4) is 0 Å². The molecule has 1 aliphatic heterocycles. The molecule has 2 aromatic rings. The van der Waals surface area contributed by atoms with Gasteiger partial charge < -0.3 is 9.55 Å². The summed E-state index contributed by atoms with van der Waals surface area (Å²) >= 11 is 0. The number of hydrogen-bond donors (Lipinski definition) is 1. The average molecular weight is 296 g/mol. The van der Waals surface area contributed by atoms with Crippen molar-refractivity contribution in [3.8, 4) is 0 Å². The van der Waals surface area contributed by atoms with Gasteiger partial charge in [-0.15, -0.1) is 10.2 Å². The maximum absolute atomic E-state index is 12.5. The highest BCUT2D eigenvalue weighted by Gasteiger charge is 2.33. The minimum Gasteiger partial charge on any atom is -0.335 e. The highest BCUT2D eigenvalue weighted by Crippen LogP contribution is 2.28. The van der Waals surface area contributed by atoms with E-state index in [2.05, 4.69) is 20.2 Å². The Morgan fingerprint density at radius 1 is 1.45 bits per heavy atom. The van der Waals surface area contributed by atoms with Crippen LogP contribution in [0.4, 0.5) is 0 Å². The van der Waals surface area contributed by atoms with Crippen molar-refractivity contribution in [1.82, 2.24) is 29.0 Å². The molecule has 3 heterocycles. The van der Waals surface area contributed by atoms with Crippen LogP contribution in [0.2, 0.25) is 0 Å². The summed E-state index contributed by atoms with van der Waals surface area (Å²) in [5.74, 6) is 0.906. The Kier molecular flexibility index (Phi) is 3.30. The van der Waals surface area contributed by atoms with Crippen molar-refractivity contribution in [1.29, 1.82) is 0 Å². The van der Waals surface area contributed by atoms with E-state index in [-0.39, 0.29) is 10.9 Å². The SMILES string of the molecule is Cn1cnnc1C1CCCN(S(=O)(=O)c2cnc[nH]2)C1. The molecule has 0 radical (unpaired) electrons. The van der Waals surface area contributed by atoms with Gasteiger partial charge in [-0.05, 0) is 12.8 Å². The van der Waals surface area contributed by atoms with Crippen LogP contribution < -0.4 is 0 Å². The summed E-state index contributed by atoms with van der Waals surface area (Å²) in [6, 6.07) is 0. The molecule has 0 bridgehead atoms. The number of rotatable bonds is 3. The number of nitrogens with one attached hydrogen (secondary N) is 1. The first kappa shape index (κ1) is 13.3. The first-order valence-corrected chi connectivity index (χ1v) is 7.85. The van der Waals surface area contributed by atoms with Gasteiger partial charge in [0.1, 0.15) is 12.2 Å². The molecule has 1 saturated heterocycles. The van der Waals surface area contributed by atoms with Gasteiger partial charge >= 0.3 is 0 Å². The molecule has 0 aromatic carbocycles. The quantitative estimate of drug-likeness (QED) is 0.867. The van der Waals surface area contributed by atoms with Crippen molar-refractivity contribution >= 4 is 10.0 Å². The molecule has 0 spiro atoms. The van der Waals surface area contributed by atoms with Gasteiger partial charge in [-0.1, -0.05) is 0 Å². The van der Waals surface area contributed by atoms with Crippen LogP contribution in [-0.4, -0.2) is 50.5 Å². The summed E-state index contributed by atoms with van der Waals surface area (Å²) in [6.07, 6.45) is 6.07. The fourth-order valence-corrected chi connectivity index (χ4v) is 3.98. The molecule has 20 heavy (non-hydrogen) atoms. The van der Waals surface area contributed by atoms with Gasteiger partial charge in [0, 0.05) is 26.1 Å². The zero-order valence-electron chi connectivity index (χ0n) is 11.1. The molecule has 1 aliphatic rings. The molecular weight excluding hydrogens is 280 g/mol. The molecular formula is C11H16N6O2S. The monoisotopic (exact) mass is 296 g/mol. The topological polar surface area (TPSA) is 96.8 Å². The van der Waals surface area contributed by atoms with E-state index in [1.807, 2.05) is 11.6 Å². The Morgan fingerprint density at radius 2 is 2.30 bits per heavy atom. The number of aromatic amines is 1. The van der Waals surface area contributed by atoms with E-state index in [1.165, 1.54) is 16.8 Å². The number of aromatic nitrogens is 5. The number of imidazole rings is 1. The second kappa shape index (κ2) is 4.98. The summed E-state index contributed by atoms with van der Waals surface area (Å²) in [6.45, 7) is 0.948. The van der Waals surface area contributed by atoms with Crippen molar-refractivity contribution in [2.45, 2.75) is 23.8 Å². The van der Waals surface area contributed by atoms with Crippen molar-refractivity contribution in [2.75, 3.05) is 13.1 Å². The maximum atomic E-state index is 12.5. The minimum absolute atomic E-state index is 0.0777. The van der Waals surface area contributed by atoms with Crippen molar-refractivity contribution < 1.29 is 8.42 Å². The molecule has 0 aliphatic carbocycles. The van der Waals surface area contributed by atoms with E-state index in [1.54, 1.807) is 6.33 Å². The number of nitrogens with zero attached hydrogens (tertiary/aromatic N) is 5. The summed E-state index contributed by atoms with van der Waals surface area (Å²) in [7, 11) is -1.63. The number of sulfonamides is 1. The lowest BCUT2D eigenvalue weighted by Crippen LogP contribution is -2.39. The van der Waals surface area contributed by atoms with Crippen LogP contribution in [0.25, 0.3) is 0 Å². The normalized spacial score (nSPS) is 21.1. The van der Waals surface area contributed by atoms with Crippen molar-refractivity contribution in [2.24, 2.45) is 7.05 Å². The second-order valence-electron chi connectivity index (χ2n) is 4.92. The summed E-state index contributed by atoms with van der Waals surface area (Å²) < 4.78 is 28.3. The van der Waals surface area contributed by atoms with Gasteiger partial charge in [-0.25, -0.2) is 13.4 Å². The maximum Gasteiger partial charge on any atom is 0.260 e. The predicted molar refractivity (Wildman–Crippen MR) is 70.3 cm³/mol. The molecule has 2 aromatic heterocycles. The molecule has 1 unspecified atom stereocenters. The van der Waals surface area contributed by atoms with E-state index in [9.17, 15) is 8.42 Å². The number of piperidine rings is 1. The van der Waals surface area contributed by atoms with Gasteiger partial charge in [-0.2, -0.15) is 4.31 Å². The van der Waals surface area contributed by atoms with Gasteiger partial charge in [-0.3, -0.25) is 0 Å². The summed E-state index contributed by atoms with van der Waals surface area (Å²) in [5, 5.41) is 8.09. The Balaban J connectivity index is 1.84. The van der Waals surface area contributed by atoms with E-state index in [0.717, 1.165) is 18.7 Å². The first-order valence-electron chi connectivity index (χ1n) is 6.41. The highest BCUT2D eigenvalue weighted by atomic mass is 32.2. The fraction of sp³-hybridized carbons (Fsp3) is 0.545. The van der Waals surface area contributed by atoms with Crippen LogP contribution in [0.1, 0.15) is 24.6 Å². The second-order valence-corrected chi connectivity index (χ2v) is 6.82. The minimum atomic E-state index is -3.50. The smallest absolute Gasteiger partial charge is 0.260 e. The molecule has 0 amide bonds. The predicted octanol–water partition coefficient (Wildman–Crippen LogP) is 0.106. The van der Waals surface area contributed by atoms with Gasteiger partial charge in [0.2, 0.25) is 0 Å². The molecule has 8 nitrogen and oxygen atoms in total. The van der Waals surface area contributed by atoms with Crippen molar-refractivity contribution in [3.05, 3.63) is 24.7 Å². The largest absolute Gasteiger partial charge is 0.335 e.